The Morgan fingerprint density at radius 1 is 1.20 bits per heavy atom. The molecule has 35 heavy (non-hydrogen) atoms. The number of hydrogen-bond acceptors (Lipinski definition) is 5. The van der Waals surface area contributed by atoms with Crippen molar-refractivity contribution in [1.29, 1.82) is 0 Å². The molecule has 0 bridgehead atoms. The number of hydrogen-bond donors (Lipinski definition) is 1. The van der Waals surface area contributed by atoms with Crippen molar-refractivity contribution in [2.45, 2.75) is 58.4 Å². The van der Waals surface area contributed by atoms with E-state index in [0.29, 0.717) is 45.3 Å². The molecule has 2 fully saturated rings. The van der Waals surface area contributed by atoms with Gasteiger partial charge in [-0.3, -0.25) is 19.2 Å². The summed E-state index contributed by atoms with van der Waals surface area (Å²) in [6.45, 7) is 4.27. The number of esters is 1. The van der Waals surface area contributed by atoms with E-state index in [2.05, 4.69) is 5.32 Å². The molecule has 3 aliphatic rings. The summed E-state index contributed by atoms with van der Waals surface area (Å²) in [4.78, 5) is 54.8. The van der Waals surface area contributed by atoms with Gasteiger partial charge in [-0.25, -0.2) is 0 Å². The molecule has 0 aromatic heterocycles. The molecule has 3 amide bonds. The van der Waals surface area contributed by atoms with Crippen LogP contribution >= 0.6 is 0 Å². The third-order valence-corrected chi connectivity index (χ3v) is 7.28. The van der Waals surface area contributed by atoms with Gasteiger partial charge in [0.2, 0.25) is 17.7 Å². The van der Waals surface area contributed by atoms with Crippen molar-refractivity contribution in [2.24, 2.45) is 11.3 Å². The Morgan fingerprint density at radius 2 is 2.00 bits per heavy atom. The summed E-state index contributed by atoms with van der Waals surface area (Å²) >= 11 is 0. The Bertz CT molecular complexity index is 992. The summed E-state index contributed by atoms with van der Waals surface area (Å²) in [5.41, 5.74) is 0.796. The van der Waals surface area contributed by atoms with Crippen molar-refractivity contribution in [1.82, 2.24) is 15.1 Å². The third kappa shape index (κ3) is 5.41. The van der Waals surface area contributed by atoms with E-state index in [1.165, 1.54) is 0 Å². The van der Waals surface area contributed by atoms with Crippen LogP contribution in [0.25, 0.3) is 0 Å². The molecule has 8 nitrogen and oxygen atoms in total. The van der Waals surface area contributed by atoms with Gasteiger partial charge in [0.05, 0.1) is 13.2 Å². The van der Waals surface area contributed by atoms with Crippen LogP contribution in [-0.4, -0.2) is 59.7 Å². The second-order valence-corrected chi connectivity index (χ2v) is 9.63. The number of nitrogens with one attached hydrogen (secondary N) is 1. The van der Waals surface area contributed by atoms with Crippen molar-refractivity contribution < 1.29 is 23.9 Å². The fraction of sp³-hybridized carbons (Fsp3) is 0.556. The minimum absolute atomic E-state index is 0.0290. The van der Waals surface area contributed by atoms with Crippen LogP contribution < -0.4 is 5.32 Å². The first-order valence-corrected chi connectivity index (χ1v) is 12.7. The van der Waals surface area contributed by atoms with E-state index in [1.807, 2.05) is 41.3 Å². The molecule has 2 atom stereocenters. The normalized spacial score (nSPS) is 23.8. The van der Waals surface area contributed by atoms with Crippen LogP contribution in [0.15, 0.2) is 42.1 Å². The van der Waals surface area contributed by atoms with E-state index in [9.17, 15) is 19.2 Å². The highest BCUT2D eigenvalue weighted by molar-refractivity contribution is 5.92. The van der Waals surface area contributed by atoms with E-state index in [1.54, 1.807) is 11.8 Å². The van der Waals surface area contributed by atoms with E-state index in [0.717, 1.165) is 24.2 Å². The predicted octanol–water partition coefficient (Wildman–Crippen LogP) is 2.78. The summed E-state index contributed by atoms with van der Waals surface area (Å²) in [6, 6.07) is 9.68. The topological polar surface area (TPSA) is 96.0 Å². The average Bonchev–Trinajstić information content (AvgIpc) is 3.47. The number of likely N-dealkylation sites (tertiary alicyclic amines) is 2. The molecule has 188 valence electrons. The number of carbonyl (C=O) groups excluding carboxylic acids is 4. The first-order chi connectivity index (χ1) is 16.9. The second kappa shape index (κ2) is 11.1. The third-order valence-electron chi connectivity index (χ3n) is 7.28. The lowest BCUT2D eigenvalue weighted by molar-refractivity contribution is -0.161. The van der Waals surface area contributed by atoms with E-state index in [-0.39, 0.29) is 43.1 Å². The molecule has 4 rings (SSSR count). The van der Waals surface area contributed by atoms with Crippen LogP contribution in [0, 0.1) is 11.3 Å². The maximum Gasteiger partial charge on any atom is 0.318 e. The van der Waals surface area contributed by atoms with Crippen LogP contribution in [0.4, 0.5) is 0 Å². The van der Waals surface area contributed by atoms with Crippen LogP contribution in [-0.2, 0) is 30.5 Å². The highest BCUT2D eigenvalue weighted by Crippen LogP contribution is 2.51. The van der Waals surface area contributed by atoms with Gasteiger partial charge in [-0.2, -0.15) is 0 Å². The molecule has 0 radical (unpaired) electrons. The quantitative estimate of drug-likeness (QED) is 0.410. The van der Waals surface area contributed by atoms with Gasteiger partial charge in [0, 0.05) is 44.1 Å². The summed E-state index contributed by atoms with van der Waals surface area (Å²) in [5.74, 6) is -1.07. The molecule has 0 spiro atoms. The monoisotopic (exact) mass is 481 g/mol. The fourth-order valence-corrected chi connectivity index (χ4v) is 5.58. The lowest BCUT2D eigenvalue weighted by atomic mass is 9.71. The largest absolute Gasteiger partial charge is 0.465 e. The van der Waals surface area contributed by atoms with Crippen LogP contribution in [0.1, 0.15) is 57.4 Å². The van der Waals surface area contributed by atoms with Crippen molar-refractivity contribution in [3.8, 4) is 0 Å². The minimum Gasteiger partial charge on any atom is -0.465 e. The van der Waals surface area contributed by atoms with Crippen LogP contribution in [0.3, 0.4) is 0 Å². The van der Waals surface area contributed by atoms with Crippen molar-refractivity contribution in [3.63, 3.8) is 0 Å². The molecule has 0 saturated carbocycles. The number of nitrogens with zero attached hydrogens (tertiary/aromatic N) is 2. The number of piperidine rings is 1. The molecule has 2 saturated heterocycles. The Kier molecular flexibility index (Phi) is 7.88. The van der Waals surface area contributed by atoms with Crippen molar-refractivity contribution >= 4 is 23.7 Å². The molecule has 8 heteroatoms. The number of ether oxygens (including phenoxy) is 1. The minimum atomic E-state index is -0.889. The molecule has 1 aliphatic carbocycles. The highest BCUT2D eigenvalue weighted by atomic mass is 16.5. The molecule has 0 unspecified atom stereocenters. The summed E-state index contributed by atoms with van der Waals surface area (Å²) in [5, 5.41) is 2.90. The number of benzene rings is 1. The van der Waals surface area contributed by atoms with Gasteiger partial charge >= 0.3 is 5.97 Å². The standard InChI is InChI=1S/C27H35N3O5/c1-2-35-26(34)27-13-6-11-22(27)30(19-20-9-4-3-5-10-20)25(33)21(18-27)17-23(31)28-14-8-16-29-15-7-12-24(29)32/h3-5,9-11,21H,2,6-8,12-19H2,1H3,(H,28,31)/t21-,27+/m1/s1. The van der Waals surface area contributed by atoms with Gasteiger partial charge < -0.3 is 19.9 Å². The zero-order valence-electron chi connectivity index (χ0n) is 20.5. The molecule has 2 aliphatic heterocycles. The smallest absolute Gasteiger partial charge is 0.318 e. The fourth-order valence-electron chi connectivity index (χ4n) is 5.58. The number of carbonyl (C=O) groups is 4. The van der Waals surface area contributed by atoms with Crippen molar-refractivity contribution in [3.05, 3.63) is 47.7 Å². The van der Waals surface area contributed by atoms with E-state index >= 15 is 0 Å². The van der Waals surface area contributed by atoms with Gasteiger partial charge in [0.1, 0.15) is 5.41 Å². The summed E-state index contributed by atoms with van der Waals surface area (Å²) in [6.07, 6.45) is 5.76. The zero-order chi connectivity index (χ0) is 24.8. The molecule has 1 aromatic carbocycles. The highest BCUT2D eigenvalue weighted by Gasteiger charge is 2.55. The second-order valence-electron chi connectivity index (χ2n) is 9.63. The molecule has 1 N–H and O–H groups in total. The summed E-state index contributed by atoms with van der Waals surface area (Å²) in [7, 11) is 0. The average molecular weight is 482 g/mol. The Morgan fingerprint density at radius 3 is 2.71 bits per heavy atom. The Labute approximate surface area is 206 Å². The Hall–Kier alpha value is -3.16. The van der Waals surface area contributed by atoms with Crippen LogP contribution in [0.5, 0.6) is 0 Å². The number of fused-ring (bicyclic) bond motifs is 1. The number of amides is 3. The van der Waals surface area contributed by atoms with E-state index in [4.69, 9.17) is 4.74 Å². The van der Waals surface area contributed by atoms with E-state index < -0.39 is 11.3 Å². The maximum absolute atomic E-state index is 13.6. The summed E-state index contributed by atoms with van der Waals surface area (Å²) < 4.78 is 5.46. The SMILES string of the molecule is CCOC(=O)[C@]12CCC=C1N(Cc1ccccc1)C(=O)[C@H](CC(=O)NCCCN1CCCC1=O)C2. The molecule has 2 heterocycles. The lowest BCUT2D eigenvalue weighted by Gasteiger charge is -2.44. The van der Waals surface area contributed by atoms with Gasteiger partial charge in [0.15, 0.2) is 0 Å². The van der Waals surface area contributed by atoms with Gasteiger partial charge in [-0.1, -0.05) is 36.4 Å². The zero-order valence-corrected chi connectivity index (χ0v) is 20.5. The molecule has 1 aromatic rings. The lowest BCUT2D eigenvalue weighted by Crippen LogP contribution is -2.52. The predicted molar refractivity (Wildman–Crippen MR) is 130 cm³/mol. The number of allylic oxidation sites excluding steroid dienone is 1. The molecular formula is C27H35N3O5. The maximum atomic E-state index is 13.6. The Balaban J connectivity index is 1.44. The van der Waals surface area contributed by atoms with Gasteiger partial charge in [-0.05, 0) is 44.6 Å². The first-order valence-electron chi connectivity index (χ1n) is 12.7. The van der Waals surface area contributed by atoms with Gasteiger partial charge in [-0.15, -0.1) is 0 Å². The number of rotatable bonds is 10. The first kappa shape index (κ1) is 24.9. The molecular weight excluding hydrogens is 446 g/mol. The van der Waals surface area contributed by atoms with Crippen molar-refractivity contribution in [2.75, 3.05) is 26.2 Å². The van der Waals surface area contributed by atoms with Crippen LogP contribution in [0.2, 0.25) is 0 Å². The van der Waals surface area contributed by atoms with Gasteiger partial charge in [0.25, 0.3) is 0 Å².